The zero-order chi connectivity index (χ0) is 19.1. The van der Waals surface area contributed by atoms with E-state index in [0.717, 1.165) is 27.9 Å². The summed E-state index contributed by atoms with van der Waals surface area (Å²) in [5.41, 5.74) is 4.69. The van der Waals surface area contributed by atoms with E-state index in [-0.39, 0.29) is 0 Å². The molecule has 1 aliphatic rings. The first-order valence-corrected chi connectivity index (χ1v) is 10.6. The van der Waals surface area contributed by atoms with Crippen LogP contribution < -0.4 is 4.90 Å². The van der Waals surface area contributed by atoms with E-state index in [9.17, 15) is 8.42 Å². The highest BCUT2D eigenvalue weighted by atomic mass is 35.5. The second kappa shape index (κ2) is 7.22. The van der Waals surface area contributed by atoms with Crippen molar-refractivity contribution in [3.05, 3.63) is 57.6 Å². The van der Waals surface area contributed by atoms with Crippen LogP contribution in [0.4, 0.5) is 5.69 Å². The number of para-hydroxylation sites is 1. The van der Waals surface area contributed by atoms with Crippen molar-refractivity contribution in [1.29, 1.82) is 0 Å². The summed E-state index contributed by atoms with van der Waals surface area (Å²) in [7, 11) is -3.51. The van der Waals surface area contributed by atoms with E-state index in [2.05, 4.69) is 11.0 Å². The molecular formula is C20H25ClN2O2S. The SMILES string of the molecule is Cc1cc(C)c(C)c(S(=O)(=O)N2CCN(c3ccccc3Cl)CC2)c1C. The summed E-state index contributed by atoms with van der Waals surface area (Å²) in [6, 6.07) is 9.75. The molecule has 0 aromatic heterocycles. The van der Waals surface area contributed by atoms with E-state index in [1.165, 1.54) is 0 Å². The minimum absolute atomic E-state index is 0.458. The number of sulfonamides is 1. The third-order valence-electron chi connectivity index (χ3n) is 5.33. The van der Waals surface area contributed by atoms with E-state index in [1.807, 2.05) is 52.0 Å². The Kier molecular flexibility index (Phi) is 5.33. The summed E-state index contributed by atoms with van der Waals surface area (Å²) in [5, 5.41) is 0.699. The molecule has 140 valence electrons. The number of halogens is 1. The first kappa shape index (κ1) is 19.2. The van der Waals surface area contributed by atoms with Crippen LogP contribution in [0, 0.1) is 27.7 Å². The Balaban J connectivity index is 1.87. The number of aryl methyl sites for hydroxylation is 2. The van der Waals surface area contributed by atoms with Gasteiger partial charge >= 0.3 is 0 Å². The molecule has 1 saturated heterocycles. The second-order valence-electron chi connectivity index (χ2n) is 6.93. The van der Waals surface area contributed by atoms with Crippen LogP contribution >= 0.6 is 11.6 Å². The highest BCUT2D eigenvalue weighted by Crippen LogP contribution is 2.31. The third kappa shape index (κ3) is 3.36. The third-order valence-corrected chi connectivity index (χ3v) is 7.82. The zero-order valence-corrected chi connectivity index (χ0v) is 17.3. The van der Waals surface area contributed by atoms with Gasteiger partial charge in [0.05, 0.1) is 15.6 Å². The summed E-state index contributed by atoms with van der Waals surface area (Å²) in [4.78, 5) is 2.62. The number of benzene rings is 2. The van der Waals surface area contributed by atoms with Crippen LogP contribution in [0.2, 0.25) is 5.02 Å². The maximum atomic E-state index is 13.3. The summed E-state index contributed by atoms with van der Waals surface area (Å²) in [6.45, 7) is 9.91. The van der Waals surface area contributed by atoms with Crippen LogP contribution in [0.1, 0.15) is 22.3 Å². The molecule has 0 spiro atoms. The van der Waals surface area contributed by atoms with Gasteiger partial charge in [0.2, 0.25) is 10.0 Å². The Hall–Kier alpha value is -1.56. The van der Waals surface area contributed by atoms with Crippen molar-refractivity contribution in [3.8, 4) is 0 Å². The Labute approximate surface area is 161 Å². The van der Waals surface area contributed by atoms with Crippen LogP contribution in [-0.2, 0) is 10.0 Å². The van der Waals surface area contributed by atoms with Crippen LogP contribution in [-0.4, -0.2) is 38.9 Å². The minimum Gasteiger partial charge on any atom is -0.368 e. The molecule has 0 saturated carbocycles. The Morgan fingerprint density at radius 2 is 1.42 bits per heavy atom. The van der Waals surface area contributed by atoms with Crippen molar-refractivity contribution in [1.82, 2.24) is 4.31 Å². The number of rotatable bonds is 3. The molecule has 4 nitrogen and oxygen atoms in total. The van der Waals surface area contributed by atoms with Crippen molar-refractivity contribution in [3.63, 3.8) is 0 Å². The largest absolute Gasteiger partial charge is 0.368 e. The molecule has 6 heteroatoms. The van der Waals surface area contributed by atoms with Gasteiger partial charge in [-0.25, -0.2) is 8.42 Å². The molecule has 26 heavy (non-hydrogen) atoms. The van der Waals surface area contributed by atoms with Crippen LogP contribution in [0.25, 0.3) is 0 Å². The van der Waals surface area contributed by atoms with Gasteiger partial charge in [-0.3, -0.25) is 0 Å². The van der Waals surface area contributed by atoms with Crippen LogP contribution in [0.3, 0.4) is 0 Å². The fraction of sp³-hybridized carbons (Fsp3) is 0.400. The zero-order valence-electron chi connectivity index (χ0n) is 15.7. The van der Waals surface area contributed by atoms with Gasteiger partial charge in [0.1, 0.15) is 0 Å². The summed E-state index contributed by atoms with van der Waals surface area (Å²) in [6.07, 6.45) is 0. The average Bonchev–Trinajstić information content (AvgIpc) is 2.61. The molecule has 1 heterocycles. The summed E-state index contributed by atoms with van der Waals surface area (Å²) >= 11 is 6.28. The van der Waals surface area contributed by atoms with Gasteiger partial charge in [-0.1, -0.05) is 29.8 Å². The van der Waals surface area contributed by atoms with E-state index in [0.29, 0.717) is 36.1 Å². The number of hydrogen-bond acceptors (Lipinski definition) is 3. The number of hydrogen-bond donors (Lipinski definition) is 0. The van der Waals surface area contributed by atoms with E-state index in [1.54, 1.807) is 4.31 Å². The van der Waals surface area contributed by atoms with Gasteiger partial charge in [0, 0.05) is 26.2 Å². The van der Waals surface area contributed by atoms with E-state index in [4.69, 9.17) is 11.6 Å². The van der Waals surface area contributed by atoms with Crippen molar-refractivity contribution >= 4 is 27.3 Å². The highest BCUT2D eigenvalue weighted by molar-refractivity contribution is 7.89. The molecule has 2 aromatic rings. The monoisotopic (exact) mass is 392 g/mol. The standard InChI is InChI=1S/C20H25ClN2O2S/c1-14-13-15(2)17(4)20(16(14)3)26(24,25)23-11-9-22(10-12-23)19-8-6-5-7-18(19)21/h5-8,13H,9-12H2,1-4H3. The smallest absolute Gasteiger partial charge is 0.243 e. The first-order chi connectivity index (χ1) is 12.2. The van der Waals surface area contributed by atoms with Crippen LogP contribution in [0.15, 0.2) is 35.2 Å². The van der Waals surface area contributed by atoms with Gasteiger partial charge in [-0.2, -0.15) is 4.31 Å². The quantitative estimate of drug-likeness (QED) is 0.790. The lowest BCUT2D eigenvalue weighted by molar-refractivity contribution is 0.384. The van der Waals surface area contributed by atoms with Gasteiger partial charge in [0.15, 0.2) is 0 Å². The topological polar surface area (TPSA) is 40.6 Å². The lowest BCUT2D eigenvalue weighted by Gasteiger charge is -2.36. The lowest BCUT2D eigenvalue weighted by Crippen LogP contribution is -2.49. The van der Waals surface area contributed by atoms with E-state index < -0.39 is 10.0 Å². The molecule has 2 aromatic carbocycles. The average molecular weight is 393 g/mol. The maximum Gasteiger partial charge on any atom is 0.243 e. The molecular weight excluding hydrogens is 368 g/mol. The lowest BCUT2D eigenvalue weighted by atomic mass is 10.0. The molecule has 0 amide bonds. The fourth-order valence-electron chi connectivity index (χ4n) is 3.57. The van der Waals surface area contributed by atoms with E-state index >= 15 is 0 Å². The summed E-state index contributed by atoms with van der Waals surface area (Å²) < 4.78 is 28.3. The molecule has 1 fully saturated rings. The predicted octanol–water partition coefficient (Wildman–Crippen LogP) is 4.08. The van der Waals surface area contributed by atoms with Crippen molar-refractivity contribution in [2.45, 2.75) is 32.6 Å². The second-order valence-corrected chi connectivity index (χ2v) is 9.21. The number of nitrogens with zero attached hydrogens (tertiary/aromatic N) is 2. The van der Waals surface area contributed by atoms with Gasteiger partial charge < -0.3 is 4.90 Å². The fourth-order valence-corrected chi connectivity index (χ4v) is 5.83. The van der Waals surface area contributed by atoms with Crippen molar-refractivity contribution < 1.29 is 8.42 Å². The molecule has 3 rings (SSSR count). The van der Waals surface area contributed by atoms with Gasteiger partial charge in [0.25, 0.3) is 0 Å². The molecule has 0 radical (unpaired) electrons. The maximum absolute atomic E-state index is 13.3. The number of anilines is 1. The van der Waals surface area contributed by atoms with Crippen molar-refractivity contribution in [2.24, 2.45) is 0 Å². The predicted molar refractivity (Wildman–Crippen MR) is 108 cm³/mol. The molecule has 1 aliphatic heterocycles. The molecule has 0 atom stereocenters. The van der Waals surface area contributed by atoms with Gasteiger partial charge in [-0.15, -0.1) is 0 Å². The molecule has 0 bridgehead atoms. The first-order valence-electron chi connectivity index (χ1n) is 8.80. The number of piperazine rings is 1. The molecule has 0 N–H and O–H groups in total. The highest BCUT2D eigenvalue weighted by Gasteiger charge is 2.32. The summed E-state index contributed by atoms with van der Waals surface area (Å²) in [5.74, 6) is 0. The normalized spacial score (nSPS) is 16.1. The van der Waals surface area contributed by atoms with Gasteiger partial charge in [-0.05, 0) is 62.1 Å². The Morgan fingerprint density at radius 3 is 1.96 bits per heavy atom. The Morgan fingerprint density at radius 1 is 0.885 bits per heavy atom. The molecule has 0 aliphatic carbocycles. The minimum atomic E-state index is -3.51. The van der Waals surface area contributed by atoms with Crippen molar-refractivity contribution in [2.75, 3.05) is 31.1 Å². The Bertz CT molecular complexity index is 907. The molecule has 0 unspecified atom stereocenters. The van der Waals surface area contributed by atoms with Crippen LogP contribution in [0.5, 0.6) is 0 Å².